The highest BCUT2D eigenvalue weighted by molar-refractivity contribution is 7.89. The van der Waals surface area contributed by atoms with Crippen molar-refractivity contribution in [3.05, 3.63) is 94.2 Å². The van der Waals surface area contributed by atoms with Gasteiger partial charge in [0.15, 0.2) is 0 Å². The number of ether oxygens (including phenoxy) is 1. The number of hydrogen-bond donors (Lipinski definition) is 0. The maximum absolute atomic E-state index is 13.5. The SMILES string of the molecule is O=C(CN(CC1CCCO1)S(=O)(=O)c1ccc([N+](=O)[O-])cc1)N(Cc1ccc(F)cc1)Cc1ccco1. The Balaban J connectivity index is 1.60. The van der Waals surface area contributed by atoms with Gasteiger partial charge in [-0.1, -0.05) is 12.1 Å². The van der Waals surface area contributed by atoms with Crippen LogP contribution in [0.3, 0.4) is 0 Å². The second kappa shape index (κ2) is 11.6. The number of carbonyl (C=O) groups is 1. The van der Waals surface area contributed by atoms with Crippen LogP contribution in [0.25, 0.3) is 0 Å². The van der Waals surface area contributed by atoms with Crippen molar-refractivity contribution in [2.75, 3.05) is 19.7 Å². The molecule has 1 unspecified atom stereocenters. The zero-order valence-electron chi connectivity index (χ0n) is 19.9. The number of amides is 1. The van der Waals surface area contributed by atoms with E-state index in [0.717, 1.165) is 35.0 Å². The molecule has 1 fully saturated rings. The number of non-ortho nitro benzene ring substituents is 1. The van der Waals surface area contributed by atoms with Gasteiger partial charge in [0.25, 0.3) is 5.69 Å². The molecular formula is C25H26FN3O7S. The van der Waals surface area contributed by atoms with Crippen molar-refractivity contribution in [3.63, 3.8) is 0 Å². The number of rotatable bonds is 11. The first-order chi connectivity index (χ1) is 17.7. The molecule has 196 valence electrons. The minimum Gasteiger partial charge on any atom is -0.467 e. The molecule has 0 bridgehead atoms. The maximum atomic E-state index is 13.5. The molecular weight excluding hydrogens is 505 g/mol. The fraction of sp³-hybridized carbons (Fsp3) is 0.320. The van der Waals surface area contributed by atoms with Gasteiger partial charge in [0.1, 0.15) is 11.6 Å². The van der Waals surface area contributed by atoms with Gasteiger partial charge in [-0.15, -0.1) is 0 Å². The van der Waals surface area contributed by atoms with Gasteiger partial charge in [0, 0.05) is 31.8 Å². The fourth-order valence-corrected chi connectivity index (χ4v) is 5.46. The number of carbonyl (C=O) groups excluding carboxylic acids is 1. The van der Waals surface area contributed by atoms with Crippen molar-refractivity contribution in [3.8, 4) is 0 Å². The molecule has 2 heterocycles. The Morgan fingerprint density at radius 1 is 1.08 bits per heavy atom. The van der Waals surface area contributed by atoms with Crippen molar-refractivity contribution < 1.29 is 31.7 Å². The van der Waals surface area contributed by atoms with E-state index in [9.17, 15) is 27.7 Å². The normalized spacial score (nSPS) is 15.7. The van der Waals surface area contributed by atoms with E-state index >= 15 is 0 Å². The number of furan rings is 1. The van der Waals surface area contributed by atoms with Crippen LogP contribution in [0.1, 0.15) is 24.2 Å². The summed E-state index contributed by atoms with van der Waals surface area (Å²) in [7, 11) is -4.19. The number of nitro benzene ring substituents is 1. The molecule has 0 radical (unpaired) electrons. The Morgan fingerprint density at radius 2 is 1.81 bits per heavy atom. The zero-order valence-corrected chi connectivity index (χ0v) is 20.7. The number of hydrogen-bond acceptors (Lipinski definition) is 7. The molecule has 12 heteroatoms. The summed E-state index contributed by atoms with van der Waals surface area (Å²) >= 11 is 0. The largest absolute Gasteiger partial charge is 0.467 e. The van der Waals surface area contributed by atoms with E-state index < -0.39 is 33.2 Å². The standard InChI is InChI=1S/C25H26FN3O7S/c26-20-7-5-19(6-8-20)15-27(16-22-3-1-13-35-22)25(30)18-28(17-23-4-2-14-36-23)37(33,34)24-11-9-21(10-12-24)29(31)32/h1,3,5-13,23H,2,4,14-18H2. The van der Waals surface area contributed by atoms with Gasteiger partial charge in [-0.2, -0.15) is 4.31 Å². The van der Waals surface area contributed by atoms with Gasteiger partial charge in [-0.3, -0.25) is 14.9 Å². The van der Waals surface area contributed by atoms with Crippen LogP contribution in [0.4, 0.5) is 10.1 Å². The number of halogens is 1. The third kappa shape index (κ3) is 6.79. The Morgan fingerprint density at radius 3 is 2.41 bits per heavy atom. The average Bonchev–Trinajstić information content (AvgIpc) is 3.59. The van der Waals surface area contributed by atoms with Crippen LogP contribution < -0.4 is 0 Å². The average molecular weight is 532 g/mol. The smallest absolute Gasteiger partial charge is 0.269 e. The molecule has 0 aliphatic carbocycles. The van der Waals surface area contributed by atoms with Crippen molar-refractivity contribution >= 4 is 21.6 Å². The first kappa shape index (κ1) is 26.5. The van der Waals surface area contributed by atoms with Crippen LogP contribution in [0.5, 0.6) is 0 Å². The summed E-state index contributed by atoms with van der Waals surface area (Å²) in [6.07, 6.45) is 2.51. The minimum absolute atomic E-state index is 0.0454. The molecule has 10 nitrogen and oxygen atoms in total. The zero-order chi connectivity index (χ0) is 26.4. The summed E-state index contributed by atoms with van der Waals surface area (Å²) in [4.78, 5) is 25.2. The third-order valence-corrected chi connectivity index (χ3v) is 7.82. The van der Waals surface area contributed by atoms with Crippen molar-refractivity contribution in [1.82, 2.24) is 9.21 Å². The van der Waals surface area contributed by atoms with Crippen LogP contribution in [-0.4, -0.2) is 54.3 Å². The second-order valence-electron chi connectivity index (χ2n) is 8.64. The van der Waals surface area contributed by atoms with Gasteiger partial charge in [0.2, 0.25) is 15.9 Å². The van der Waals surface area contributed by atoms with Crippen molar-refractivity contribution in [2.45, 2.75) is 36.9 Å². The van der Waals surface area contributed by atoms with Gasteiger partial charge in [-0.25, -0.2) is 12.8 Å². The highest BCUT2D eigenvalue weighted by Gasteiger charge is 2.32. The van der Waals surface area contributed by atoms with E-state index in [1.807, 2.05) is 0 Å². The van der Waals surface area contributed by atoms with Crippen molar-refractivity contribution in [2.24, 2.45) is 0 Å². The Hall–Kier alpha value is -3.61. The second-order valence-corrected chi connectivity index (χ2v) is 10.6. The molecule has 4 rings (SSSR count). The van der Waals surface area contributed by atoms with E-state index in [-0.39, 0.29) is 36.3 Å². The van der Waals surface area contributed by atoms with E-state index in [0.29, 0.717) is 24.4 Å². The lowest BCUT2D eigenvalue weighted by Gasteiger charge is -2.28. The van der Waals surface area contributed by atoms with Crippen LogP contribution in [-0.2, 0) is 32.6 Å². The Labute approximate surface area is 213 Å². The Bertz CT molecular complexity index is 1310. The lowest BCUT2D eigenvalue weighted by Crippen LogP contribution is -2.45. The molecule has 1 saturated heterocycles. The van der Waals surface area contributed by atoms with Gasteiger partial charge >= 0.3 is 0 Å². The molecule has 3 aromatic rings. The fourth-order valence-electron chi connectivity index (χ4n) is 4.04. The quantitative estimate of drug-likeness (QED) is 0.273. The molecule has 0 saturated carbocycles. The first-order valence-electron chi connectivity index (χ1n) is 11.6. The van der Waals surface area contributed by atoms with Gasteiger partial charge < -0.3 is 14.1 Å². The molecule has 0 N–H and O–H groups in total. The predicted molar refractivity (Wildman–Crippen MR) is 130 cm³/mol. The summed E-state index contributed by atoms with van der Waals surface area (Å²) < 4.78 is 52.5. The molecule has 1 amide bonds. The van der Waals surface area contributed by atoms with Gasteiger partial charge in [0.05, 0.1) is 35.3 Å². The lowest BCUT2D eigenvalue weighted by atomic mass is 10.2. The third-order valence-electron chi connectivity index (χ3n) is 5.99. The van der Waals surface area contributed by atoms with E-state index in [2.05, 4.69) is 0 Å². The number of benzene rings is 2. The molecule has 1 atom stereocenters. The summed E-state index contributed by atoms with van der Waals surface area (Å²) in [5.41, 5.74) is 0.412. The summed E-state index contributed by atoms with van der Waals surface area (Å²) in [6.45, 7) is 0.149. The molecule has 37 heavy (non-hydrogen) atoms. The summed E-state index contributed by atoms with van der Waals surface area (Å²) in [5.74, 6) is -0.409. The van der Waals surface area contributed by atoms with E-state index in [1.54, 1.807) is 24.3 Å². The lowest BCUT2D eigenvalue weighted by molar-refractivity contribution is -0.384. The predicted octanol–water partition coefficient (Wildman–Crippen LogP) is 3.73. The monoisotopic (exact) mass is 531 g/mol. The molecule has 1 aliphatic rings. The topological polar surface area (TPSA) is 123 Å². The van der Waals surface area contributed by atoms with Crippen LogP contribution in [0.2, 0.25) is 0 Å². The highest BCUT2D eigenvalue weighted by atomic mass is 32.2. The van der Waals surface area contributed by atoms with Crippen LogP contribution >= 0.6 is 0 Å². The van der Waals surface area contributed by atoms with E-state index in [4.69, 9.17) is 9.15 Å². The van der Waals surface area contributed by atoms with Crippen molar-refractivity contribution in [1.29, 1.82) is 0 Å². The highest BCUT2D eigenvalue weighted by Crippen LogP contribution is 2.23. The van der Waals surface area contributed by atoms with Gasteiger partial charge in [-0.05, 0) is 54.8 Å². The molecule has 1 aromatic heterocycles. The van der Waals surface area contributed by atoms with E-state index in [1.165, 1.54) is 23.3 Å². The number of nitrogens with zero attached hydrogens (tertiary/aromatic N) is 3. The van der Waals surface area contributed by atoms with Crippen LogP contribution in [0, 0.1) is 15.9 Å². The molecule has 2 aromatic carbocycles. The summed E-state index contributed by atoms with van der Waals surface area (Å²) in [5, 5.41) is 11.0. The first-order valence-corrected chi connectivity index (χ1v) is 13.1. The molecule has 0 spiro atoms. The number of sulfonamides is 1. The molecule has 1 aliphatic heterocycles. The number of nitro groups is 1. The minimum atomic E-state index is -4.19. The Kier molecular flexibility index (Phi) is 8.31. The van der Waals surface area contributed by atoms with Crippen LogP contribution in [0.15, 0.2) is 76.2 Å². The maximum Gasteiger partial charge on any atom is 0.269 e. The summed E-state index contributed by atoms with van der Waals surface area (Å²) in [6, 6.07) is 13.6.